The van der Waals surface area contributed by atoms with Gasteiger partial charge < -0.3 is 15.3 Å². The number of likely N-dealkylation sites (N-methyl/N-ethyl adjacent to an activating group) is 1. The van der Waals surface area contributed by atoms with Crippen molar-refractivity contribution in [2.75, 3.05) is 25.0 Å². The van der Waals surface area contributed by atoms with Crippen LogP contribution in [0.4, 0.5) is 10.2 Å². The van der Waals surface area contributed by atoms with Gasteiger partial charge >= 0.3 is 0 Å². The molecule has 1 saturated heterocycles. The zero-order valence-electron chi connectivity index (χ0n) is 13.3. The second-order valence-corrected chi connectivity index (χ2v) is 6.12. The molecule has 0 bridgehead atoms. The first-order valence-electron chi connectivity index (χ1n) is 7.76. The van der Waals surface area contributed by atoms with Crippen LogP contribution in [0.25, 0.3) is 11.3 Å². The highest BCUT2D eigenvalue weighted by Gasteiger charge is 2.24. The number of β-amino-alcohol motifs (C(OH)–C–C–N with tert-alkyl or cyclic N) is 1. The summed E-state index contributed by atoms with van der Waals surface area (Å²) in [6, 6.07) is 8.52. The van der Waals surface area contributed by atoms with Crippen LogP contribution in [0, 0.1) is 12.7 Å². The average molecular weight is 316 g/mol. The van der Waals surface area contributed by atoms with Gasteiger partial charge in [0.25, 0.3) is 0 Å². The van der Waals surface area contributed by atoms with E-state index in [1.165, 1.54) is 12.1 Å². The van der Waals surface area contributed by atoms with E-state index < -0.39 is 0 Å². The lowest BCUT2D eigenvalue weighted by atomic mass is 10.1. The molecule has 0 saturated carbocycles. The number of aryl methyl sites for hydroxylation is 1. The third kappa shape index (κ3) is 3.65. The van der Waals surface area contributed by atoms with Crippen LogP contribution >= 0.6 is 0 Å². The predicted molar refractivity (Wildman–Crippen MR) is 87.8 cm³/mol. The Hall–Kier alpha value is -2.05. The molecule has 0 spiro atoms. The van der Waals surface area contributed by atoms with Crippen LogP contribution in [-0.2, 0) is 0 Å². The lowest BCUT2D eigenvalue weighted by Crippen LogP contribution is -2.36. The summed E-state index contributed by atoms with van der Waals surface area (Å²) in [7, 11) is 1.96. The first-order chi connectivity index (χ1) is 11.0. The van der Waals surface area contributed by atoms with Gasteiger partial charge in [0.2, 0.25) is 0 Å². The highest BCUT2D eigenvalue weighted by Crippen LogP contribution is 2.23. The molecule has 1 fully saturated rings. The SMILES string of the molecule is Cc1cc(-c2cccc(F)c2)nnc1N(C)C[C@@H]1C[C@@H](O)CN1. The number of anilines is 1. The van der Waals surface area contributed by atoms with Gasteiger partial charge in [0, 0.05) is 31.7 Å². The maximum Gasteiger partial charge on any atom is 0.154 e. The Morgan fingerprint density at radius 2 is 2.17 bits per heavy atom. The normalized spacial score (nSPS) is 20.7. The Kier molecular flexibility index (Phi) is 4.54. The fourth-order valence-corrected chi connectivity index (χ4v) is 3.00. The second kappa shape index (κ2) is 6.60. The number of benzene rings is 1. The van der Waals surface area contributed by atoms with Gasteiger partial charge in [-0.05, 0) is 37.1 Å². The van der Waals surface area contributed by atoms with Crippen molar-refractivity contribution in [1.82, 2.24) is 15.5 Å². The molecule has 2 aromatic rings. The summed E-state index contributed by atoms with van der Waals surface area (Å²) in [5.74, 6) is 0.516. The van der Waals surface area contributed by atoms with E-state index in [1.54, 1.807) is 6.07 Å². The summed E-state index contributed by atoms with van der Waals surface area (Å²) in [5, 5.41) is 21.4. The Morgan fingerprint density at radius 1 is 1.35 bits per heavy atom. The van der Waals surface area contributed by atoms with E-state index in [1.807, 2.05) is 31.0 Å². The topological polar surface area (TPSA) is 61.3 Å². The van der Waals surface area contributed by atoms with E-state index >= 15 is 0 Å². The number of nitrogens with zero attached hydrogens (tertiary/aromatic N) is 3. The maximum absolute atomic E-state index is 13.3. The number of nitrogens with one attached hydrogen (secondary N) is 1. The van der Waals surface area contributed by atoms with Gasteiger partial charge in [0.05, 0.1) is 11.8 Å². The monoisotopic (exact) mass is 316 g/mol. The van der Waals surface area contributed by atoms with Crippen LogP contribution in [0.3, 0.4) is 0 Å². The molecular formula is C17H21FN4O. The second-order valence-electron chi connectivity index (χ2n) is 6.12. The summed E-state index contributed by atoms with van der Waals surface area (Å²) in [5.41, 5.74) is 2.37. The number of halogens is 1. The molecule has 1 aromatic carbocycles. The minimum atomic E-state index is -0.283. The fourth-order valence-electron chi connectivity index (χ4n) is 3.00. The summed E-state index contributed by atoms with van der Waals surface area (Å²) in [4.78, 5) is 2.04. The van der Waals surface area contributed by atoms with Crippen molar-refractivity contribution in [2.24, 2.45) is 0 Å². The molecule has 1 aliphatic heterocycles. The predicted octanol–water partition coefficient (Wildman–Crippen LogP) is 1.75. The highest BCUT2D eigenvalue weighted by molar-refractivity contribution is 5.61. The summed E-state index contributed by atoms with van der Waals surface area (Å²) >= 11 is 0. The van der Waals surface area contributed by atoms with Crippen molar-refractivity contribution in [3.63, 3.8) is 0 Å². The van der Waals surface area contributed by atoms with Gasteiger partial charge in [0.15, 0.2) is 5.82 Å². The standard InChI is InChI=1S/C17H21FN4O/c1-11-6-16(12-4-3-5-13(18)7-12)20-21-17(11)22(2)10-14-8-15(23)9-19-14/h3-7,14-15,19,23H,8-10H2,1-2H3/t14-,15+/m0/s1. The van der Waals surface area contributed by atoms with Crippen molar-refractivity contribution < 1.29 is 9.50 Å². The Morgan fingerprint density at radius 3 is 2.83 bits per heavy atom. The van der Waals surface area contributed by atoms with E-state index in [2.05, 4.69) is 15.5 Å². The highest BCUT2D eigenvalue weighted by atomic mass is 19.1. The number of hydrogen-bond donors (Lipinski definition) is 2. The smallest absolute Gasteiger partial charge is 0.154 e. The van der Waals surface area contributed by atoms with Crippen LogP contribution in [0.1, 0.15) is 12.0 Å². The van der Waals surface area contributed by atoms with Crippen molar-refractivity contribution >= 4 is 5.82 Å². The minimum Gasteiger partial charge on any atom is -0.392 e. The van der Waals surface area contributed by atoms with Crippen molar-refractivity contribution in [3.05, 3.63) is 41.7 Å². The minimum absolute atomic E-state index is 0.249. The summed E-state index contributed by atoms with van der Waals surface area (Å²) in [6.07, 6.45) is 0.481. The molecule has 0 aliphatic carbocycles. The van der Waals surface area contributed by atoms with E-state index in [4.69, 9.17) is 0 Å². The molecule has 0 radical (unpaired) electrons. The molecule has 1 aromatic heterocycles. The van der Waals surface area contributed by atoms with Crippen LogP contribution in [0.15, 0.2) is 30.3 Å². The van der Waals surface area contributed by atoms with E-state index in [9.17, 15) is 9.50 Å². The lowest BCUT2D eigenvalue weighted by Gasteiger charge is -2.23. The van der Waals surface area contributed by atoms with Gasteiger partial charge in [-0.3, -0.25) is 0 Å². The molecule has 0 amide bonds. The third-order valence-electron chi connectivity index (χ3n) is 4.13. The Balaban J connectivity index is 1.76. The molecule has 2 N–H and O–H groups in total. The largest absolute Gasteiger partial charge is 0.392 e. The molecule has 2 atom stereocenters. The number of aromatic nitrogens is 2. The van der Waals surface area contributed by atoms with E-state index in [-0.39, 0.29) is 18.0 Å². The van der Waals surface area contributed by atoms with Gasteiger partial charge in [0.1, 0.15) is 5.82 Å². The number of rotatable bonds is 4. The quantitative estimate of drug-likeness (QED) is 0.900. The third-order valence-corrected chi connectivity index (χ3v) is 4.13. The molecule has 0 unspecified atom stereocenters. The summed E-state index contributed by atoms with van der Waals surface area (Å²) < 4.78 is 13.3. The molecule has 122 valence electrons. The van der Waals surface area contributed by atoms with Gasteiger partial charge in [-0.2, -0.15) is 0 Å². The van der Waals surface area contributed by atoms with Crippen molar-refractivity contribution in [3.8, 4) is 11.3 Å². The Bertz CT molecular complexity index is 694. The molecule has 5 nitrogen and oxygen atoms in total. The zero-order chi connectivity index (χ0) is 16.4. The fraction of sp³-hybridized carbons (Fsp3) is 0.412. The van der Waals surface area contributed by atoms with Gasteiger partial charge in [-0.25, -0.2) is 4.39 Å². The molecule has 6 heteroatoms. The maximum atomic E-state index is 13.3. The van der Waals surface area contributed by atoms with Gasteiger partial charge in [-0.15, -0.1) is 10.2 Å². The molecular weight excluding hydrogens is 295 g/mol. The van der Waals surface area contributed by atoms with Crippen LogP contribution in [-0.4, -0.2) is 47.6 Å². The average Bonchev–Trinajstić information content (AvgIpc) is 2.92. The number of aliphatic hydroxyl groups excluding tert-OH is 1. The molecule has 3 rings (SSSR count). The molecule has 1 aliphatic rings. The lowest BCUT2D eigenvalue weighted by molar-refractivity contribution is 0.193. The van der Waals surface area contributed by atoms with E-state index in [0.717, 1.165) is 29.9 Å². The van der Waals surface area contributed by atoms with Crippen molar-refractivity contribution in [1.29, 1.82) is 0 Å². The molecule has 2 heterocycles. The van der Waals surface area contributed by atoms with Crippen molar-refractivity contribution in [2.45, 2.75) is 25.5 Å². The van der Waals surface area contributed by atoms with Crippen LogP contribution in [0.5, 0.6) is 0 Å². The first kappa shape index (κ1) is 15.8. The van der Waals surface area contributed by atoms with E-state index in [0.29, 0.717) is 12.2 Å². The number of hydrogen-bond acceptors (Lipinski definition) is 5. The Labute approximate surface area is 135 Å². The summed E-state index contributed by atoms with van der Waals surface area (Å²) in [6.45, 7) is 3.37. The molecule has 23 heavy (non-hydrogen) atoms. The zero-order valence-corrected chi connectivity index (χ0v) is 13.3. The number of aliphatic hydroxyl groups is 1. The van der Waals surface area contributed by atoms with Gasteiger partial charge in [-0.1, -0.05) is 12.1 Å². The van der Waals surface area contributed by atoms with Crippen LogP contribution < -0.4 is 10.2 Å². The first-order valence-corrected chi connectivity index (χ1v) is 7.76. The van der Waals surface area contributed by atoms with Crippen LogP contribution in [0.2, 0.25) is 0 Å².